The van der Waals surface area contributed by atoms with E-state index in [1.165, 1.54) is 17.0 Å². The highest BCUT2D eigenvalue weighted by Crippen LogP contribution is 2.43. The molecule has 0 aliphatic carbocycles. The van der Waals surface area contributed by atoms with Gasteiger partial charge >= 0.3 is 0 Å². The van der Waals surface area contributed by atoms with Crippen LogP contribution in [0, 0.1) is 6.92 Å². The lowest BCUT2D eigenvalue weighted by molar-refractivity contribution is -0.130. The molecule has 1 aliphatic rings. The first-order valence-electron chi connectivity index (χ1n) is 10.5. The molecule has 0 saturated heterocycles. The molecular weight excluding hydrogens is 422 g/mol. The third-order valence-corrected chi connectivity index (χ3v) is 7.67. The third-order valence-electron chi connectivity index (χ3n) is 5.78. The second kappa shape index (κ2) is 8.63. The van der Waals surface area contributed by atoms with Crippen molar-refractivity contribution in [3.05, 3.63) is 112 Å². The fourth-order valence-corrected chi connectivity index (χ4v) is 5.61. The molecule has 0 spiro atoms. The Bertz CT molecular complexity index is 1260. The van der Waals surface area contributed by atoms with Crippen LogP contribution in [-0.2, 0) is 27.6 Å². The normalized spacial score (nSPS) is 16.6. The Morgan fingerprint density at radius 3 is 2.09 bits per heavy atom. The van der Waals surface area contributed by atoms with E-state index >= 15 is 0 Å². The number of hydrogen-bond donors (Lipinski definition) is 1. The average Bonchev–Trinajstić information content (AvgIpc) is 3.05. The minimum atomic E-state index is -4.11. The fraction of sp³-hybridized carbons (Fsp3) is 0.192. The maximum atomic E-state index is 13.6. The molecule has 164 valence electrons. The van der Waals surface area contributed by atoms with Gasteiger partial charge in [-0.15, -0.1) is 0 Å². The van der Waals surface area contributed by atoms with Gasteiger partial charge in [0.15, 0.2) is 5.76 Å². The molecular formula is C26H25NO4S. The van der Waals surface area contributed by atoms with Crippen molar-refractivity contribution in [3.63, 3.8) is 0 Å². The van der Waals surface area contributed by atoms with Crippen LogP contribution >= 0.6 is 0 Å². The summed E-state index contributed by atoms with van der Waals surface area (Å²) in [5.74, 6) is -1.41. The Morgan fingerprint density at radius 1 is 0.875 bits per heavy atom. The van der Waals surface area contributed by atoms with Crippen LogP contribution in [0.15, 0.2) is 94.4 Å². The third kappa shape index (κ3) is 3.94. The number of aliphatic hydroxyl groups is 1. The molecule has 1 heterocycles. The number of aryl methyl sites for hydroxylation is 2. The molecule has 6 heteroatoms. The van der Waals surface area contributed by atoms with E-state index in [0.29, 0.717) is 5.56 Å². The summed E-state index contributed by atoms with van der Waals surface area (Å²) in [4.78, 5) is 14.3. The monoisotopic (exact) mass is 447 g/mol. The van der Waals surface area contributed by atoms with Gasteiger partial charge in [-0.1, -0.05) is 79.2 Å². The zero-order valence-corrected chi connectivity index (χ0v) is 18.8. The number of carbonyl (C=O) groups is 1. The highest BCUT2D eigenvalue weighted by atomic mass is 32.2. The molecule has 0 fully saturated rings. The number of benzene rings is 3. The number of aliphatic hydroxyl groups excluding tert-OH is 1. The second-order valence-corrected chi connectivity index (χ2v) is 9.86. The topological polar surface area (TPSA) is 74.7 Å². The maximum Gasteiger partial charge on any atom is 0.290 e. The van der Waals surface area contributed by atoms with Gasteiger partial charge in [0.05, 0.1) is 10.9 Å². The number of sulfone groups is 1. The molecule has 1 aliphatic heterocycles. The Hall–Kier alpha value is -3.38. The molecule has 3 aromatic rings. The van der Waals surface area contributed by atoms with Gasteiger partial charge in [-0.25, -0.2) is 8.42 Å². The number of amides is 1. The van der Waals surface area contributed by atoms with Gasteiger partial charge in [0.2, 0.25) is 9.84 Å². The first-order valence-corrected chi connectivity index (χ1v) is 12.0. The second-order valence-electron chi connectivity index (χ2n) is 7.95. The molecule has 0 radical (unpaired) electrons. The summed E-state index contributed by atoms with van der Waals surface area (Å²) in [5.41, 5.74) is 3.50. The smallest absolute Gasteiger partial charge is 0.290 e. The van der Waals surface area contributed by atoms with Crippen molar-refractivity contribution in [1.29, 1.82) is 0 Å². The van der Waals surface area contributed by atoms with Crippen molar-refractivity contribution >= 4 is 15.7 Å². The van der Waals surface area contributed by atoms with E-state index in [1.807, 2.05) is 68.4 Å². The molecule has 4 rings (SSSR count). The minimum absolute atomic E-state index is 0.0502. The first-order chi connectivity index (χ1) is 15.3. The molecule has 0 bridgehead atoms. The summed E-state index contributed by atoms with van der Waals surface area (Å²) in [6.45, 7) is 4.08. The van der Waals surface area contributed by atoms with Gasteiger partial charge < -0.3 is 10.0 Å². The Morgan fingerprint density at radius 2 is 1.50 bits per heavy atom. The van der Waals surface area contributed by atoms with Crippen molar-refractivity contribution in [2.45, 2.75) is 37.8 Å². The van der Waals surface area contributed by atoms with E-state index in [-0.39, 0.29) is 16.3 Å². The maximum absolute atomic E-state index is 13.6. The van der Waals surface area contributed by atoms with Crippen LogP contribution in [0.25, 0.3) is 0 Å². The average molecular weight is 448 g/mol. The molecule has 0 saturated carbocycles. The van der Waals surface area contributed by atoms with Crippen molar-refractivity contribution in [2.75, 3.05) is 0 Å². The largest absolute Gasteiger partial charge is 0.502 e. The lowest BCUT2D eigenvalue weighted by Crippen LogP contribution is -2.30. The quantitative estimate of drug-likeness (QED) is 0.584. The van der Waals surface area contributed by atoms with E-state index in [9.17, 15) is 18.3 Å². The van der Waals surface area contributed by atoms with Gasteiger partial charge in [0.1, 0.15) is 4.91 Å². The molecule has 3 aromatic carbocycles. The van der Waals surface area contributed by atoms with Crippen LogP contribution in [0.1, 0.15) is 35.2 Å². The van der Waals surface area contributed by atoms with Crippen LogP contribution in [0.3, 0.4) is 0 Å². The summed E-state index contributed by atoms with van der Waals surface area (Å²) in [6.07, 6.45) is 0.840. The van der Waals surface area contributed by atoms with E-state index < -0.39 is 27.5 Å². The highest BCUT2D eigenvalue weighted by molar-refractivity contribution is 7.95. The van der Waals surface area contributed by atoms with Gasteiger partial charge in [0, 0.05) is 6.54 Å². The summed E-state index contributed by atoms with van der Waals surface area (Å²) in [6, 6.07) is 22.3. The zero-order chi connectivity index (χ0) is 22.9. The number of hydrogen-bond acceptors (Lipinski definition) is 4. The van der Waals surface area contributed by atoms with Crippen LogP contribution in [0.2, 0.25) is 0 Å². The van der Waals surface area contributed by atoms with Crippen molar-refractivity contribution in [1.82, 2.24) is 4.90 Å². The fourth-order valence-electron chi connectivity index (χ4n) is 3.96. The SMILES string of the molecule is CCc1ccc([C@H]2C(S(=O)(=O)c3ccc(C)cc3)=C(O)C(=O)N2Cc2ccccc2)cc1. The van der Waals surface area contributed by atoms with E-state index in [2.05, 4.69) is 0 Å². The molecule has 32 heavy (non-hydrogen) atoms. The van der Waals surface area contributed by atoms with E-state index in [1.54, 1.807) is 12.1 Å². The Labute approximate surface area is 188 Å². The Kier molecular flexibility index (Phi) is 5.89. The molecule has 5 nitrogen and oxygen atoms in total. The molecule has 1 amide bonds. The predicted octanol–water partition coefficient (Wildman–Crippen LogP) is 4.88. The lowest BCUT2D eigenvalue weighted by Gasteiger charge is -2.27. The van der Waals surface area contributed by atoms with Crippen LogP contribution in [0.4, 0.5) is 0 Å². The van der Waals surface area contributed by atoms with Crippen molar-refractivity contribution in [2.24, 2.45) is 0 Å². The molecule has 1 N–H and O–H groups in total. The number of nitrogens with zero attached hydrogens (tertiary/aromatic N) is 1. The summed E-state index contributed by atoms with van der Waals surface area (Å²) in [7, 11) is -4.11. The van der Waals surface area contributed by atoms with Crippen LogP contribution in [-0.4, -0.2) is 24.3 Å². The minimum Gasteiger partial charge on any atom is -0.502 e. The van der Waals surface area contributed by atoms with Crippen LogP contribution < -0.4 is 0 Å². The zero-order valence-electron chi connectivity index (χ0n) is 18.0. The molecule has 1 atom stereocenters. The van der Waals surface area contributed by atoms with Gasteiger partial charge in [0.25, 0.3) is 5.91 Å². The Balaban J connectivity index is 1.85. The standard InChI is InChI=1S/C26H25NO4S/c1-3-19-11-13-21(14-12-19)23-25(32(30,31)22-15-9-18(2)10-16-22)24(28)26(29)27(23)17-20-7-5-4-6-8-20/h4-16,23,28H,3,17H2,1-2H3/t23-/m0/s1. The summed E-state index contributed by atoms with van der Waals surface area (Å²) < 4.78 is 27.2. The lowest BCUT2D eigenvalue weighted by atomic mass is 10.0. The highest BCUT2D eigenvalue weighted by Gasteiger charge is 2.46. The molecule has 0 unspecified atom stereocenters. The van der Waals surface area contributed by atoms with Crippen LogP contribution in [0.5, 0.6) is 0 Å². The van der Waals surface area contributed by atoms with E-state index in [4.69, 9.17) is 0 Å². The predicted molar refractivity (Wildman–Crippen MR) is 124 cm³/mol. The first kappa shape index (κ1) is 21.8. The summed E-state index contributed by atoms with van der Waals surface area (Å²) >= 11 is 0. The van der Waals surface area contributed by atoms with Crippen molar-refractivity contribution in [3.8, 4) is 0 Å². The number of carbonyl (C=O) groups excluding carboxylic acids is 1. The molecule has 0 aromatic heterocycles. The van der Waals surface area contributed by atoms with Gasteiger partial charge in [-0.3, -0.25) is 4.79 Å². The van der Waals surface area contributed by atoms with E-state index in [0.717, 1.165) is 23.1 Å². The van der Waals surface area contributed by atoms with Crippen molar-refractivity contribution < 1.29 is 18.3 Å². The van der Waals surface area contributed by atoms with Gasteiger partial charge in [-0.2, -0.15) is 0 Å². The summed E-state index contributed by atoms with van der Waals surface area (Å²) in [5, 5.41) is 10.8. The van der Waals surface area contributed by atoms with Gasteiger partial charge in [-0.05, 0) is 42.2 Å². The number of rotatable bonds is 6.